The van der Waals surface area contributed by atoms with Gasteiger partial charge in [-0.15, -0.1) is 0 Å². The van der Waals surface area contributed by atoms with E-state index < -0.39 is 0 Å². The van der Waals surface area contributed by atoms with Crippen LogP contribution in [0.25, 0.3) is 0 Å². The maximum absolute atomic E-state index is 10.3. The third-order valence-electron chi connectivity index (χ3n) is 5.83. The molecule has 4 atom stereocenters. The van der Waals surface area contributed by atoms with Gasteiger partial charge in [-0.1, -0.05) is 25.7 Å². The zero-order chi connectivity index (χ0) is 13.3. The molecule has 0 heterocycles. The first-order chi connectivity index (χ1) is 9.26. The fourth-order valence-corrected chi connectivity index (χ4v) is 4.41. The fourth-order valence-electron chi connectivity index (χ4n) is 4.41. The molecule has 2 N–H and O–H groups in total. The minimum Gasteiger partial charge on any atom is -0.392 e. The lowest BCUT2D eigenvalue weighted by molar-refractivity contribution is -0.176. The molecule has 0 saturated heterocycles. The maximum Gasteiger partial charge on any atom is 0.0693 e. The van der Waals surface area contributed by atoms with Crippen LogP contribution in [0.2, 0.25) is 0 Å². The Balaban J connectivity index is 1.58. The molecule has 0 aromatic rings. The molecule has 3 saturated carbocycles. The Hall–Kier alpha value is -0.120. The Bertz CT molecular complexity index is 303. The summed E-state index contributed by atoms with van der Waals surface area (Å²) in [6.45, 7) is 2.94. The topological polar surface area (TPSA) is 41.5 Å². The van der Waals surface area contributed by atoms with Crippen molar-refractivity contribution >= 4 is 0 Å². The minimum atomic E-state index is -0.134. The summed E-state index contributed by atoms with van der Waals surface area (Å²) in [5, 5.41) is 14.1. The van der Waals surface area contributed by atoms with E-state index in [1.54, 1.807) is 0 Å². The van der Waals surface area contributed by atoms with Gasteiger partial charge in [-0.05, 0) is 39.0 Å². The minimum absolute atomic E-state index is 0.134. The second-order valence-electron chi connectivity index (χ2n) is 6.80. The van der Waals surface area contributed by atoms with Crippen molar-refractivity contribution < 1.29 is 9.84 Å². The van der Waals surface area contributed by atoms with Gasteiger partial charge in [-0.3, -0.25) is 0 Å². The van der Waals surface area contributed by atoms with Gasteiger partial charge in [0, 0.05) is 24.1 Å². The van der Waals surface area contributed by atoms with E-state index in [4.69, 9.17) is 4.74 Å². The first-order valence-corrected chi connectivity index (χ1v) is 8.32. The highest BCUT2D eigenvalue weighted by molar-refractivity contribution is 5.13. The number of hydrogen-bond acceptors (Lipinski definition) is 3. The average molecular weight is 267 g/mol. The molecule has 110 valence electrons. The van der Waals surface area contributed by atoms with Crippen molar-refractivity contribution in [1.82, 2.24) is 5.32 Å². The summed E-state index contributed by atoms with van der Waals surface area (Å²) in [7, 11) is 0. The van der Waals surface area contributed by atoms with E-state index in [1.807, 2.05) is 0 Å². The molecule has 3 nitrogen and oxygen atoms in total. The Morgan fingerprint density at radius 2 is 1.95 bits per heavy atom. The van der Waals surface area contributed by atoms with Gasteiger partial charge >= 0.3 is 0 Å². The van der Waals surface area contributed by atoms with Gasteiger partial charge in [0.15, 0.2) is 0 Å². The fraction of sp³-hybridized carbons (Fsp3) is 1.00. The van der Waals surface area contributed by atoms with Crippen molar-refractivity contribution in [2.45, 2.75) is 89.0 Å². The van der Waals surface area contributed by atoms with E-state index in [9.17, 15) is 5.11 Å². The van der Waals surface area contributed by atoms with Crippen LogP contribution in [0.5, 0.6) is 0 Å². The van der Waals surface area contributed by atoms with Crippen LogP contribution in [0.1, 0.15) is 64.7 Å². The molecule has 0 amide bonds. The molecule has 1 spiro atoms. The summed E-state index contributed by atoms with van der Waals surface area (Å²) >= 11 is 0. The number of aliphatic hydroxyl groups excluding tert-OH is 1. The van der Waals surface area contributed by atoms with Crippen LogP contribution in [0.4, 0.5) is 0 Å². The lowest BCUT2D eigenvalue weighted by Gasteiger charge is -2.62. The molecule has 19 heavy (non-hydrogen) atoms. The Morgan fingerprint density at radius 3 is 2.63 bits per heavy atom. The zero-order valence-corrected chi connectivity index (χ0v) is 12.2. The van der Waals surface area contributed by atoms with Crippen molar-refractivity contribution in [3.63, 3.8) is 0 Å². The number of ether oxygens (including phenoxy) is 1. The van der Waals surface area contributed by atoms with Crippen LogP contribution in [0.3, 0.4) is 0 Å². The normalized spacial score (nSPS) is 41.4. The van der Waals surface area contributed by atoms with Gasteiger partial charge in [0.25, 0.3) is 0 Å². The second-order valence-corrected chi connectivity index (χ2v) is 6.80. The lowest BCUT2D eigenvalue weighted by atomic mass is 9.51. The zero-order valence-electron chi connectivity index (χ0n) is 12.2. The van der Waals surface area contributed by atoms with Gasteiger partial charge in [0.05, 0.1) is 12.2 Å². The first-order valence-electron chi connectivity index (χ1n) is 8.32. The summed E-state index contributed by atoms with van der Waals surface area (Å²) in [6.07, 6.45) is 11.4. The largest absolute Gasteiger partial charge is 0.392 e. The van der Waals surface area contributed by atoms with Crippen molar-refractivity contribution in [2.75, 3.05) is 6.61 Å². The highest BCUT2D eigenvalue weighted by atomic mass is 16.5. The molecule has 0 aromatic heterocycles. The molecule has 0 aliphatic heterocycles. The van der Waals surface area contributed by atoms with E-state index in [1.165, 1.54) is 38.5 Å². The van der Waals surface area contributed by atoms with E-state index in [0.29, 0.717) is 23.6 Å². The number of nitrogens with one attached hydrogen (secondary N) is 1. The van der Waals surface area contributed by atoms with Crippen LogP contribution in [-0.4, -0.2) is 36.0 Å². The predicted octanol–water partition coefficient (Wildman–Crippen LogP) is 2.62. The third kappa shape index (κ3) is 2.45. The average Bonchev–Trinajstić information content (AvgIpc) is 2.51. The number of aliphatic hydroxyl groups is 1. The summed E-state index contributed by atoms with van der Waals surface area (Å²) in [5.41, 5.74) is 0.419. The Labute approximate surface area is 117 Å². The van der Waals surface area contributed by atoms with Crippen molar-refractivity contribution in [1.29, 1.82) is 0 Å². The van der Waals surface area contributed by atoms with Crippen LogP contribution >= 0.6 is 0 Å². The smallest absolute Gasteiger partial charge is 0.0693 e. The van der Waals surface area contributed by atoms with Crippen LogP contribution < -0.4 is 5.32 Å². The summed E-state index contributed by atoms with van der Waals surface area (Å²) in [5.74, 6) is 0. The molecule has 3 rings (SSSR count). The SMILES string of the molecule is CCOC1CC(NC2CCCCCC2O)C12CCC2. The van der Waals surface area contributed by atoms with E-state index in [2.05, 4.69) is 12.2 Å². The second kappa shape index (κ2) is 5.71. The summed E-state index contributed by atoms with van der Waals surface area (Å²) in [6, 6.07) is 0.920. The van der Waals surface area contributed by atoms with Crippen LogP contribution in [-0.2, 0) is 4.74 Å². The highest BCUT2D eigenvalue weighted by Crippen LogP contribution is 2.57. The van der Waals surface area contributed by atoms with Gasteiger partial charge in [-0.2, -0.15) is 0 Å². The van der Waals surface area contributed by atoms with Crippen molar-refractivity contribution in [2.24, 2.45) is 5.41 Å². The Morgan fingerprint density at radius 1 is 1.16 bits per heavy atom. The van der Waals surface area contributed by atoms with Gasteiger partial charge in [-0.25, -0.2) is 0 Å². The molecule has 0 aromatic carbocycles. The number of hydrogen-bond donors (Lipinski definition) is 2. The van der Waals surface area contributed by atoms with Gasteiger partial charge in [0.2, 0.25) is 0 Å². The Kier molecular flexibility index (Phi) is 4.16. The monoisotopic (exact) mass is 267 g/mol. The lowest BCUT2D eigenvalue weighted by Crippen LogP contribution is -2.69. The molecule has 3 fully saturated rings. The molecular formula is C16H29NO2. The van der Waals surface area contributed by atoms with E-state index >= 15 is 0 Å². The molecule has 0 bridgehead atoms. The molecule has 3 aliphatic rings. The maximum atomic E-state index is 10.3. The van der Waals surface area contributed by atoms with Crippen LogP contribution in [0.15, 0.2) is 0 Å². The van der Waals surface area contributed by atoms with Crippen LogP contribution in [0, 0.1) is 5.41 Å². The van der Waals surface area contributed by atoms with Crippen molar-refractivity contribution in [3.05, 3.63) is 0 Å². The molecule has 3 aliphatic carbocycles. The number of rotatable bonds is 4. The molecule has 4 unspecified atom stereocenters. The highest BCUT2D eigenvalue weighted by Gasteiger charge is 2.59. The predicted molar refractivity (Wildman–Crippen MR) is 76.1 cm³/mol. The summed E-state index contributed by atoms with van der Waals surface area (Å²) < 4.78 is 5.90. The van der Waals surface area contributed by atoms with E-state index in [0.717, 1.165) is 25.9 Å². The first kappa shape index (κ1) is 13.8. The standard InChI is InChI=1S/C16H29NO2/c1-2-19-15-11-14(16(15)9-6-10-16)17-12-7-4-3-5-8-13(12)18/h12-15,17-18H,2-11H2,1H3. The molecule has 3 heteroatoms. The molecule has 0 radical (unpaired) electrons. The van der Waals surface area contributed by atoms with Gasteiger partial charge < -0.3 is 15.2 Å². The van der Waals surface area contributed by atoms with E-state index in [-0.39, 0.29) is 6.10 Å². The van der Waals surface area contributed by atoms with Crippen molar-refractivity contribution in [3.8, 4) is 0 Å². The third-order valence-corrected chi connectivity index (χ3v) is 5.83. The molecular weight excluding hydrogens is 238 g/mol. The quantitative estimate of drug-likeness (QED) is 0.769. The van der Waals surface area contributed by atoms with Gasteiger partial charge in [0.1, 0.15) is 0 Å². The summed E-state index contributed by atoms with van der Waals surface area (Å²) in [4.78, 5) is 0.